The van der Waals surface area contributed by atoms with Gasteiger partial charge in [0.2, 0.25) is 0 Å². The second-order valence-electron chi connectivity index (χ2n) is 2.79. The highest BCUT2D eigenvalue weighted by molar-refractivity contribution is 6.38. The minimum atomic E-state index is -1.98. The largest absolute Gasteiger partial charge is 0.203 e. The van der Waals surface area contributed by atoms with Crippen LogP contribution in [0.4, 0.5) is 17.6 Å². The molecule has 0 aliphatic carbocycles. The highest BCUT2D eigenvalue weighted by atomic mass is 35.5. The Morgan fingerprint density at radius 3 is 1.25 bits per heavy atom. The summed E-state index contributed by atoms with van der Waals surface area (Å²) in [6.07, 6.45) is 0. The van der Waals surface area contributed by atoms with Crippen LogP contribution in [0, 0.1) is 23.3 Å². The van der Waals surface area contributed by atoms with Crippen molar-refractivity contribution in [2.45, 2.75) is 0 Å². The maximum absolute atomic E-state index is 13.3. The lowest BCUT2D eigenvalue weighted by atomic mass is 10.1. The third kappa shape index (κ3) is 1.41. The van der Waals surface area contributed by atoms with Gasteiger partial charge in [-0.25, -0.2) is 17.6 Å². The molecule has 0 spiro atoms. The van der Waals surface area contributed by atoms with Crippen molar-refractivity contribution in [2.75, 3.05) is 0 Å². The molecule has 0 fully saturated rings. The summed E-state index contributed by atoms with van der Waals surface area (Å²) in [7, 11) is 0. The third-order valence-corrected chi connectivity index (χ3v) is 2.43. The van der Waals surface area contributed by atoms with Gasteiger partial charge in [-0.1, -0.05) is 23.2 Å². The first-order valence-corrected chi connectivity index (χ1v) is 4.54. The summed E-state index contributed by atoms with van der Waals surface area (Å²) in [6, 6.07) is 0. The Morgan fingerprint density at radius 2 is 0.938 bits per heavy atom. The third-order valence-electron chi connectivity index (χ3n) is 1.91. The van der Waals surface area contributed by atoms with Gasteiger partial charge < -0.3 is 0 Å². The zero-order valence-electron chi connectivity index (χ0n) is 7.16. The minimum Gasteiger partial charge on any atom is -0.203 e. The monoisotopic (exact) mass is 270 g/mol. The smallest absolute Gasteiger partial charge is 0.198 e. The van der Waals surface area contributed by atoms with Crippen molar-refractivity contribution in [2.24, 2.45) is 0 Å². The number of rotatable bonds is 0. The molecule has 0 saturated carbocycles. The normalized spacial score (nSPS) is 11.1. The fourth-order valence-electron chi connectivity index (χ4n) is 1.21. The van der Waals surface area contributed by atoms with E-state index in [1.807, 2.05) is 0 Å². The van der Waals surface area contributed by atoms with E-state index in [0.29, 0.717) is 0 Å². The zero-order chi connectivity index (χ0) is 12.0. The Balaban J connectivity index is 3.14. The molecule has 1 heterocycles. The average Bonchev–Trinajstić information content (AvgIpc) is 2.26. The van der Waals surface area contributed by atoms with Gasteiger partial charge in [-0.2, -0.15) is 0 Å². The first-order chi connectivity index (χ1) is 7.45. The van der Waals surface area contributed by atoms with Crippen molar-refractivity contribution in [1.29, 1.82) is 0 Å². The molecular weight excluding hydrogens is 271 g/mol. The summed E-state index contributed by atoms with van der Waals surface area (Å²) in [5.41, 5.74) is 0. The van der Waals surface area contributed by atoms with Gasteiger partial charge >= 0.3 is 0 Å². The fourth-order valence-corrected chi connectivity index (χ4v) is 1.64. The van der Waals surface area contributed by atoms with Crippen LogP contribution in [0.2, 0.25) is 10.3 Å². The Labute approximate surface area is 95.8 Å². The fraction of sp³-hybridized carbons (Fsp3) is 0. The molecule has 1 aromatic carbocycles. The summed E-state index contributed by atoms with van der Waals surface area (Å²) in [6.45, 7) is 0. The maximum Gasteiger partial charge on any atom is 0.198 e. The van der Waals surface area contributed by atoms with Crippen molar-refractivity contribution < 1.29 is 17.6 Å². The van der Waals surface area contributed by atoms with E-state index < -0.39 is 44.3 Å². The lowest BCUT2D eigenvalue weighted by Crippen LogP contribution is -2.01. The number of aromatic nitrogens is 2. The van der Waals surface area contributed by atoms with Crippen LogP contribution >= 0.6 is 23.2 Å². The number of hydrogen-bond acceptors (Lipinski definition) is 2. The second-order valence-corrected chi connectivity index (χ2v) is 3.50. The van der Waals surface area contributed by atoms with E-state index in [-0.39, 0.29) is 0 Å². The van der Waals surface area contributed by atoms with Gasteiger partial charge in [-0.05, 0) is 0 Å². The molecule has 0 aliphatic heterocycles. The lowest BCUT2D eigenvalue weighted by molar-refractivity contribution is 0.417. The minimum absolute atomic E-state index is 0.602. The van der Waals surface area contributed by atoms with Crippen LogP contribution in [0.5, 0.6) is 0 Å². The van der Waals surface area contributed by atoms with Crippen LogP contribution in [0.3, 0.4) is 0 Å². The van der Waals surface area contributed by atoms with E-state index in [0.717, 1.165) is 0 Å². The van der Waals surface area contributed by atoms with Gasteiger partial charge in [0, 0.05) is 0 Å². The summed E-state index contributed by atoms with van der Waals surface area (Å²) in [4.78, 5) is 0. The molecule has 0 radical (unpaired) electrons. The van der Waals surface area contributed by atoms with Gasteiger partial charge in [0.25, 0.3) is 0 Å². The Morgan fingerprint density at radius 1 is 0.625 bits per heavy atom. The molecule has 8 heteroatoms. The zero-order valence-corrected chi connectivity index (χ0v) is 8.67. The van der Waals surface area contributed by atoms with Crippen LogP contribution in [0.1, 0.15) is 0 Å². The van der Waals surface area contributed by atoms with Crippen molar-refractivity contribution in [1.82, 2.24) is 10.2 Å². The molecule has 0 unspecified atom stereocenters. The number of halogens is 6. The summed E-state index contributed by atoms with van der Waals surface area (Å²) in [5.74, 6) is -7.27. The van der Waals surface area contributed by atoms with Gasteiger partial charge in [0.15, 0.2) is 33.6 Å². The Bertz CT molecular complexity index is 550. The van der Waals surface area contributed by atoms with E-state index in [2.05, 4.69) is 10.2 Å². The molecule has 0 saturated heterocycles. The SMILES string of the molecule is Fc1c(F)c(F)c2c(Cl)nnc(Cl)c2c1F. The summed E-state index contributed by atoms with van der Waals surface area (Å²) >= 11 is 10.8. The molecule has 0 N–H and O–H groups in total. The predicted octanol–water partition coefficient (Wildman–Crippen LogP) is 3.49. The average molecular weight is 271 g/mol. The van der Waals surface area contributed by atoms with Crippen LogP contribution in [0.25, 0.3) is 10.8 Å². The number of benzene rings is 1. The standard InChI is InChI=1S/C8Cl2F4N2/c9-7-1-2(8(10)16-15-7)4(12)6(14)5(13)3(1)11. The molecule has 2 aromatic rings. The maximum atomic E-state index is 13.3. The van der Waals surface area contributed by atoms with Gasteiger partial charge in [0.05, 0.1) is 10.8 Å². The quantitative estimate of drug-likeness (QED) is 0.416. The molecule has 84 valence electrons. The van der Waals surface area contributed by atoms with Gasteiger partial charge in [0.1, 0.15) is 0 Å². The number of nitrogens with zero attached hydrogens (tertiary/aromatic N) is 2. The Kier molecular flexibility index (Phi) is 2.63. The number of hydrogen-bond donors (Lipinski definition) is 0. The second kappa shape index (κ2) is 3.71. The van der Waals surface area contributed by atoms with E-state index in [1.54, 1.807) is 0 Å². The van der Waals surface area contributed by atoms with E-state index in [9.17, 15) is 17.6 Å². The van der Waals surface area contributed by atoms with Crippen LogP contribution < -0.4 is 0 Å². The van der Waals surface area contributed by atoms with Crippen molar-refractivity contribution >= 4 is 34.0 Å². The molecule has 0 bridgehead atoms. The Hall–Kier alpha value is -1.14. The molecular formula is C8Cl2F4N2. The first-order valence-electron chi connectivity index (χ1n) is 3.78. The lowest BCUT2D eigenvalue weighted by Gasteiger charge is -2.05. The highest BCUT2D eigenvalue weighted by Crippen LogP contribution is 2.33. The number of fused-ring (bicyclic) bond motifs is 1. The summed E-state index contributed by atoms with van der Waals surface area (Å²) < 4.78 is 52.4. The molecule has 2 rings (SSSR count). The summed E-state index contributed by atoms with van der Waals surface area (Å²) in [5, 5.41) is 3.65. The topological polar surface area (TPSA) is 25.8 Å². The molecule has 0 aliphatic rings. The van der Waals surface area contributed by atoms with E-state index in [1.165, 1.54) is 0 Å². The van der Waals surface area contributed by atoms with E-state index in [4.69, 9.17) is 23.2 Å². The van der Waals surface area contributed by atoms with Gasteiger partial charge in [-0.3, -0.25) is 0 Å². The van der Waals surface area contributed by atoms with Crippen LogP contribution in [-0.4, -0.2) is 10.2 Å². The molecule has 1 aromatic heterocycles. The highest BCUT2D eigenvalue weighted by Gasteiger charge is 2.25. The molecule has 2 nitrogen and oxygen atoms in total. The predicted molar refractivity (Wildman–Crippen MR) is 49.4 cm³/mol. The van der Waals surface area contributed by atoms with Crippen LogP contribution in [-0.2, 0) is 0 Å². The van der Waals surface area contributed by atoms with Crippen molar-refractivity contribution in [3.8, 4) is 0 Å². The van der Waals surface area contributed by atoms with Gasteiger partial charge in [-0.15, -0.1) is 10.2 Å². The van der Waals surface area contributed by atoms with Crippen molar-refractivity contribution in [3.05, 3.63) is 33.6 Å². The molecule has 0 atom stereocenters. The molecule has 16 heavy (non-hydrogen) atoms. The first kappa shape index (κ1) is 11.3. The van der Waals surface area contributed by atoms with Crippen molar-refractivity contribution in [3.63, 3.8) is 0 Å². The van der Waals surface area contributed by atoms with E-state index >= 15 is 0 Å². The van der Waals surface area contributed by atoms with Crippen LogP contribution in [0.15, 0.2) is 0 Å². The molecule has 0 amide bonds.